The molecule has 0 spiro atoms. The lowest BCUT2D eigenvalue weighted by molar-refractivity contribution is -0.138. The maximum atomic E-state index is 11.6. The van der Waals surface area contributed by atoms with Crippen molar-refractivity contribution in [1.82, 2.24) is 15.6 Å². The third kappa shape index (κ3) is 1.78. The van der Waals surface area contributed by atoms with E-state index in [-0.39, 0.29) is 5.91 Å². The summed E-state index contributed by atoms with van der Waals surface area (Å²) >= 11 is 0. The van der Waals surface area contributed by atoms with Gasteiger partial charge < -0.3 is 10.6 Å². The van der Waals surface area contributed by atoms with E-state index in [2.05, 4.69) is 10.6 Å². The van der Waals surface area contributed by atoms with Crippen LogP contribution >= 0.6 is 0 Å². The monoisotopic (exact) mass is 186 g/mol. The van der Waals surface area contributed by atoms with Gasteiger partial charge in [-0.1, -0.05) is 0 Å². The molecule has 0 saturated carbocycles. The number of nitrogens with one attached hydrogen (secondary N) is 2. The molecule has 1 saturated heterocycles. The minimum absolute atomic E-state index is 0.274. The van der Waals surface area contributed by atoms with E-state index in [0.717, 1.165) is 5.01 Å². The Morgan fingerprint density at radius 2 is 2.46 bits per heavy atom. The highest BCUT2D eigenvalue weighted by Crippen LogP contribution is 2.15. The molecule has 2 amide bonds. The van der Waals surface area contributed by atoms with Gasteiger partial charge in [0.1, 0.15) is 5.54 Å². The fourth-order valence-corrected chi connectivity index (χ4v) is 1.51. The van der Waals surface area contributed by atoms with Gasteiger partial charge in [-0.3, -0.25) is 14.6 Å². The van der Waals surface area contributed by atoms with Gasteiger partial charge in [0.25, 0.3) is 5.91 Å². The van der Waals surface area contributed by atoms with E-state index in [1.165, 1.54) is 7.05 Å². The van der Waals surface area contributed by atoms with Crippen LogP contribution in [0.4, 0.5) is 0 Å². The van der Waals surface area contributed by atoms with Crippen LogP contribution in [0.2, 0.25) is 0 Å². The first-order valence-corrected chi connectivity index (χ1v) is 4.07. The number of hydrogen-bond donors (Lipinski definition) is 3. The minimum Gasteiger partial charge on any atom is -0.343 e. The first-order valence-electron chi connectivity index (χ1n) is 4.07. The second kappa shape index (κ2) is 3.71. The Labute approximate surface area is 76.4 Å². The number of carbonyl (C=O) groups excluding carboxylic acids is 2. The molecule has 1 heterocycles. The van der Waals surface area contributed by atoms with Crippen LogP contribution < -0.4 is 16.5 Å². The number of amides is 2. The molecule has 6 heteroatoms. The van der Waals surface area contributed by atoms with Crippen molar-refractivity contribution >= 4 is 12.3 Å². The average molecular weight is 186 g/mol. The summed E-state index contributed by atoms with van der Waals surface area (Å²) in [6.45, 7) is 1.15. The number of likely N-dealkylation sites (N-methyl/N-ethyl adjacent to an activating group) is 1. The average Bonchev–Trinajstić information content (AvgIpc) is 2.53. The predicted octanol–water partition coefficient (Wildman–Crippen LogP) is -2.20. The lowest BCUT2D eigenvalue weighted by Crippen LogP contribution is -2.59. The Hall–Kier alpha value is -1.14. The Morgan fingerprint density at radius 1 is 1.77 bits per heavy atom. The molecule has 13 heavy (non-hydrogen) atoms. The van der Waals surface area contributed by atoms with Gasteiger partial charge >= 0.3 is 0 Å². The molecular formula is C7H14N4O2. The number of rotatable bonds is 3. The van der Waals surface area contributed by atoms with E-state index in [1.807, 2.05) is 0 Å². The van der Waals surface area contributed by atoms with Crippen LogP contribution in [0.15, 0.2) is 0 Å². The highest BCUT2D eigenvalue weighted by atomic mass is 16.2. The molecule has 0 aromatic rings. The summed E-state index contributed by atoms with van der Waals surface area (Å²) in [5.74, 6) is 5.06. The van der Waals surface area contributed by atoms with Crippen LogP contribution in [0.25, 0.3) is 0 Å². The van der Waals surface area contributed by atoms with Crippen molar-refractivity contribution in [3.05, 3.63) is 0 Å². The lowest BCUT2D eigenvalue weighted by atomic mass is 9.97. The molecule has 0 radical (unpaired) electrons. The molecular weight excluding hydrogens is 172 g/mol. The van der Waals surface area contributed by atoms with Crippen molar-refractivity contribution in [2.75, 3.05) is 20.1 Å². The summed E-state index contributed by atoms with van der Waals surface area (Å²) in [6.07, 6.45) is 1.11. The highest BCUT2D eigenvalue weighted by molar-refractivity contribution is 5.88. The molecule has 74 valence electrons. The van der Waals surface area contributed by atoms with Crippen LogP contribution in [-0.2, 0) is 9.59 Å². The molecule has 0 aliphatic carbocycles. The van der Waals surface area contributed by atoms with E-state index in [1.54, 1.807) is 0 Å². The van der Waals surface area contributed by atoms with Crippen molar-refractivity contribution in [2.45, 2.75) is 12.0 Å². The zero-order chi connectivity index (χ0) is 9.90. The number of hydrogen-bond acceptors (Lipinski definition) is 4. The highest BCUT2D eigenvalue weighted by Gasteiger charge is 2.42. The quantitative estimate of drug-likeness (QED) is 0.202. The van der Waals surface area contributed by atoms with E-state index in [4.69, 9.17) is 5.84 Å². The van der Waals surface area contributed by atoms with Crippen LogP contribution in [0, 0.1) is 0 Å². The molecule has 0 bridgehead atoms. The molecule has 6 nitrogen and oxygen atoms in total. The Balaban J connectivity index is 2.77. The molecule has 1 unspecified atom stereocenters. The fourth-order valence-electron chi connectivity index (χ4n) is 1.51. The first-order chi connectivity index (χ1) is 6.12. The van der Waals surface area contributed by atoms with Gasteiger partial charge in [0.05, 0.1) is 0 Å². The van der Waals surface area contributed by atoms with E-state index < -0.39 is 5.54 Å². The largest absolute Gasteiger partial charge is 0.343 e. The summed E-state index contributed by atoms with van der Waals surface area (Å²) < 4.78 is 0. The second-order valence-electron chi connectivity index (χ2n) is 3.19. The molecule has 1 aliphatic rings. The Morgan fingerprint density at radius 3 is 2.85 bits per heavy atom. The minimum atomic E-state index is -0.842. The standard InChI is InChI=1S/C7H14N4O2/c1-11(8)6(13)7(10-5-12)2-3-9-4-7/h5,9H,2-4,8H2,1H3,(H,10,12). The van der Waals surface area contributed by atoms with E-state index in [0.29, 0.717) is 25.9 Å². The molecule has 1 fully saturated rings. The van der Waals surface area contributed by atoms with Gasteiger partial charge in [0.2, 0.25) is 6.41 Å². The van der Waals surface area contributed by atoms with Gasteiger partial charge in [-0.2, -0.15) is 0 Å². The van der Waals surface area contributed by atoms with E-state index >= 15 is 0 Å². The molecule has 1 atom stereocenters. The molecule has 4 N–H and O–H groups in total. The number of nitrogens with two attached hydrogens (primary N) is 1. The van der Waals surface area contributed by atoms with Gasteiger partial charge in [0, 0.05) is 13.6 Å². The topological polar surface area (TPSA) is 87.5 Å². The molecule has 1 rings (SSSR count). The Kier molecular flexibility index (Phi) is 2.84. The molecule has 1 aliphatic heterocycles. The normalized spacial score (nSPS) is 26.9. The van der Waals surface area contributed by atoms with Crippen LogP contribution in [0.1, 0.15) is 6.42 Å². The summed E-state index contributed by atoms with van der Waals surface area (Å²) in [7, 11) is 1.47. The first kappa shape index (κ1) is 9.94. The summed E-state index contributed by atoms with van der Waals surface area (Å²) in [5, 5.41) is 6.54. The number of nitrogens with zero attached hydrogens (tertiary/aromatic N) is 1. The van der Waals surface area contributed by atoms with Crippen molar-refractivity contribution in [1.29, 1.82) is 0 Å². The second-order valence-corrected chi connectivity index (χ2v) is 3.19. The zero-order valence-electron chi connectivity index (χ0n) is 7.54. The summed E-state index contributed by atoms with van der Waals surface area (Å²) in [4.78, 5) is 21.9. The van der Waals surface area contributed by atoms with Crippen LogP contribution in [0.5, 0.6) is 0 Å². The molecule has 0 aromatic heterocycles. The van der Waals surface area contributed by atoms with Gasteiger partial charge in [0.15, 0.2) is 0 Å². The SMILES string of the molecule is CN(N)C(=O)C1(NC=O)CCNC1. The maximum absolute atomic E-state index is 11.6. The lowest BCUT2D eigenvalue weighted by Gasteiger charge is -2.28. The fraction of sp³-hybridized carbons (Fsp3) is 0.714. The van der Waals surface area contributed by atoms with Crippen molar-refractivity contribution < 1.29 is 9.59 Å². The Bertz CT molecular complexity index is 211. The third-order valence-corrected chi connectivity index (χ3v) is 2.22. The van der Waals surface area contributed by atoms with Gasteiger partial charge in [-0.25, -0.2) is 5.84 Å². The number of carbonyl (C=O) groups is 2. The van der Waals surface area contributed by atoms with Gasteiger partial charge in [-0.15, -0.1) is 0 Å². The van der Waals surface area contributed by atoms with Crippen LogP contribution in [0.3, 0.4) is 0 Å². The van der Waals surface area contributed by atoms with E-state index in [9.17, 15) is 9.59 Å². The van der Waals surface area contributed by atoms with Gasteiger partial charge in [-0.05, 0) is 13.0 Å². The zero-order valence-corrected chi connectivity index (χ0v) is 7.54. The van der Waals surface area contributed by atoms with Crippen molar-refractivity contribution in [2.24, 2.45) is 5.84 Å². The number of hydrazine groups is 1. The summed E-state index contributed by atoms with van der Waals surface area (Å²) in [6, 6.07) is 0. The maximum Gasteiger partial charge on any atom is 0.263 e. The van der Waals surface area contributed by atoms with Crippen molar-refractivity contribution in [3.63, 3.8) is 0 Å². The van der Waals surface area contributed by atoms with Crippen molar-refractivity contribution in [3.8, 4) is 0 Å². The van der Waals surface area contributed by atoms with Crippen LogP contribution in [-0.4, -0.2) is 43.0 Å². The smallest absolute Gasteiger partial charge is 0.263 e. The summed E-state index contributed by atoms with van der Waals surface area (Å²) in [5.41, 5.74) is -0.842. The molecule has 0 aromatic carbocycles. The third-order valence-electron chi connectivity index (χ3n) is 2.22. The predicted molar refractivity (Wildman–Crippen MR) is 46.4 cm³/mol.